The van der Waals surface area contributed by atoms with E-state index >= 15 is 0 Å². The summed E-state index contributed by atoms with van der Waals surface area (Å²) in [6.07, 6.45) is 1.65. The third kappa shape index (κ3) is 3.82. The number of imide groups is 1. The Hall–Kier alpha value is -4.14. The van der Waals surface area contributed by atoms with Crippen molar-refractivity contribution in [2.24, 2.45) is 10.7 Å². The Balaban J connectivity index is 1.69. The molecule has 0 saturated carbocycles. The number of rotatable bonds is 6. The maximum atomic E-state index is 13.1. The maximum Gasteiger partial charge on any atom is 0.322 e. The predicted octanol–water partition coefficient (Wildman–Crippen LogP) is 2.12. The van der Waals surface area contributed by atoms with E-state index in [1.54, 1.807) is 61.4 Å². The zero-order valence-electron chi connectivity index (χ0n) is 18.6. The first-order chi connectivity index (χ1) is 15.8. The molecular formula is C24H25N5O4. The molecule has 0 radical (unpaired) electrons. The van der Waals surface area contributed by atoms with Crippen LogP contribution in [0.1, 0.15) is 40.9 Å². The highest BCUT2D eigenvalue weighted by Gasteiger charge is 2.50. The number of nitrogens with zero attached hydrogens (tertiary/aromatic N) is 2. The molecule has 2 aliphatic heterocycles. The largest absolute Gasteiger partial charge is 0.497 e. The van der Waals surface area contributed by atoms with Crippen molar-refractivity contribution < 1.29 is 19.1 Å². The zero-order valence-corrected chi connectivity index (χ0v) is 18.6. The zero-order chi connectivity index (χ0) is 23.8. The number of allylic oxidation sites excluding steroid dienone is 1. The highest BCUT2D eigenvalue weighted by molar-refractivity contribution is 6.08. The summed E-state index contributed by atoms with van der Waals surface area (Å²) in [5.41, 5.74) is 8.39. The van der Waals surface area contributed by atoms with Crippen molar-refractivity contribution in [2.45, 2.75) is 25.9 Å². The van der Waals surface area contributed by atoms with Crippen molar-refractivity contribution in [3.63, 3.8) is 0 Å². The first-order valence-electron chi connectivity index (χ1n) is 10.4. The van der Waals surface area contributed by atoms with Crippen LogP contribution in [0, 0.1) is 0 Å². The van der Waals surface area contributed by atoms with Gasteiger partial charge in [0, 0.05) is 29.6 Å². The molecule has 0 bridgehead atoms. The topological polar surface area (TPSA) is 126 Å². The van der Waals surface area contributed by atoms with Gasteiger partial charge in [0.05, 0.1) is 19.4 Å². The van der Waals surface area contributed by atoms with E-state index < -0.39 is 17.5 Å². The lowest BCUT2D eigenvalue weighted by Gasteiger charge is -2.31. The van der Waals surface area contributed by atoms with Crippen LogP contribution >= 0.6 is 0 Å². The van der Waals surface area contributed by atoms with Crippen LogP contribution in [0.2, 0.25) is 0 Å². The van der Waals surface area contributed by atoms with Gasteiger partial charge >= 0.3 is 6.03 Å². The van der Waals surface area contributed by atoms with Gasteiger partial charge in [-0.3, -0.25) is 19.9 Å². The Morgan fingerprint density at radius 3 is 2.52 bits per heavy atom. The second-order valence-corrected chi connectivity index (χ2v) is 7.99. The number of fused-ring (bicyclic) bond motifs is 1. The average Bonchev–Trinajstić information content (AvgIpc) is 3.27. The number of hydrogen-bond donors (Lipinski definition) is 3. The summed E-state index contributed by atoms with van der Waals surface area (Å²) in [5.74, 6) is -0.163. The molecular weight excluding hydrogens is 422 g/mol. The minimum atomic E-state index is -1.42. The van der Waals surface area contributed by atoms with Gasteiger partial charge in [-0.2, -0.15) is 0 Å². The van der Waals surface area contributed by atoms with E-state index in [-0.39, 0.29) is 12.5 Å². The standard InChI is InChI=1S/C24H25N5O4/c1-4-26-20(14(2)25)15-5-8-17(9-6-15)24(22(31)27-23(32)28-24)13-29-12-16-7-10-18(33-3)11-19(16)21(29)30/h4-11H,12-13,25H2,1-3H3,(H2,27,28,31,32)/b20-14-,26-4?/t24-/m1/s1. The Kier molecular flexibility index (Phi) is 5.63. The number of nitrogens with one attached hydrogen (secondary N) is 2. The lowest BCUT2D eigenvalue weighted by Crippen LogP contribution is -2.52. The maximum absolute atomic E-state index is 13.1. The van der Waals surface area contributed by atoms with Gasteiger partial charge in [-0.05, 0) is 37.1 Å². The van der Waals surface area contributed by atoms with Crippen molar-refractivity contribution in [1.29, 1.82) is 0 Å². The molecule has 1 atom stereocenters. The van der Waals surface area contributed by atoms with E-state index in [4.69, 9.17) is 10.5 Å². The Morgan fingerprint density at radius 1 is 1.21 bits per heavy atom. The molecule has 2 aliphatic rings. The molecule has 2 aromatic rings. The summed E-state index contributed by atoms with van der Waals surface area (Å²) < 4.78 is 5.23. The van der Waals surface area contributed by atoms with Crippen molar-refractivity contribution in [2.75, 3.05) is 13.7 Å². The quantitative estimate of drug-likeness (QED) is 0.462. The minimum absolute atomic E-state index is 0.0223. The molecule has 170 valence electrons. The molecule has 4 N–H and O–H groups in total. The van der Waals surface area contributed by atoms with Crippen molar-refractivity contribution in [3.8, 4) is 5.75 Å². The molecule has 0 aliphatic carbocycles. The number of nitrogens with two attached hydrogens (primary N) is 1. The van der Waals surface area contributed by atoms with Crippen LogP contribution in [0.15, 0.2) is 53.2 Å². The number of ether oxygens (including phenoxy) is 1. The number of carbonyl (C=O) groups excluding carboxylic acids is 3. The SMILES string of the molecule is CC=N/C(=C(/C)N)c1ccc([C@@]2(CN3Cc4ccc(OC)cc4C3=O)NC(=O)NC2=O)cc1. The van der Waals surface area contributed by atoms with Gasteiger partial charge in [0.1, 0.15) is 5.75 Å². The lowest BCUT2D eigenvalue weighted by molar-refractivity contribution is -0.124. The van der Waals surface area contributed by atoms with Crippen LogP contribution < -0.4 is 21.1 Å². The van der Waals surface area contributed by atoms with Crippen LogP contribution in [-0.4, -0.2) is 42.6 Å². The molecule has 1 saturated heterocycles. The molecule has 0 aromatic heterocycles. The fourth-order valence-electron chi connectivity index (χ4n) is 4.22. The Labute approximate surface area is 191 Å². The molecule has 2 aromatic carbocycles. The first-order valence-corrected chi connectivity index (χ1v) is 10.4. The second-order valence-electron chi connectivity index (χ2n) is 7.99. The third-order valence-corrected chi connectivity index (χ3v) is 5.85. The Bertz CT molecular complexity index is 1200. The highest BCUT2D eigenvalue weighted by Crippen LogP contribution is 2.33. The number of aliphatic imine (C=N–C) groups is 1. The van der Waals surface area contributed by atoms with E-state index in [1.165, 1.54) is 7.11 Å². The van der Waals surface area contributed by atoms with E-state index in [1.807, 2.05) is 6.07 Å². The number of amides is 4. The first kappa shape index (κ1) is 22.1. The fourth-order valence-corrected chi connectivity index (χ4v) is 4.22. The minimum Gasteiger partial charge on any atom is -0.497 e. The molecule has 33 heavy (non-hydrogen) atoms. The molecule has 4 amide bonds. The molecule has 0 unspecified atom stereocenters. The van der Waals surface area contributed by atoms with Gasteiger partial charge < -0.3 is 20.7 Å². The van der Waals surface area contributed by atoms with Crippen molar-refractivity contribution in [1.82, 2.24) is 15.5 Å². The normalized spacial score (nSPS) is 20.6. The van der Waals surface area contributed by atoms with E-state index in [2.05, 4.69) is 15.6 Å². The number of methoxy groups -OCH3 is 1. The van der Waals surface area contributed by atoms with Crippen molar-refractivity contribution >= 4 is 29.8 Å². The Morgan fingerprint density at radius 2 is 1.94 bits per heavy atom. The van der Waals surface area contributed by atoms with Crippen LogP contribution in [0.3, 0.4) is 0 Å². The third-order valence-electron chi connectivity index (χ3n) is 5.85. The number of benzene rings is 2. The number of carbonyl (C=O) groups is 3. The molecule has 2 heterocycles. The predicted molar refractivity (Wildman–Crippen MR) is 123 cm³/mol. The molecule has 1 fully saturated rings. The molecule has 9 heteroatoms. The summed E-state index contributed by atoms with van der Waals surface area (Å²) >= 11 is 0. The van der Waals surface area contributed by atoms with Gasteiger partial charge in [-0.15, -0.1) is 0 Å². The monoisotopic (exact) mass is 447 g/mol. The number of hydrogen-bond acceptors (Lipinski definition) is 6. The van der Waals surface area contributed by atoms with Crippen LogP contribution in [-0.2, 0) is 16.9 Å². The van der Waals surface area contributed by atoms with Gasteiger partial charge in [0.25, 0.3) is 11.8 Å². The van der Waals surface area contributed by atoms with Gasteiger partial charge in [0.2, 0.25) is 0 Å². The van der Waals surface area contributed by atoms with Crippen LogP contribution in [0.5, 0.6) is 5.75 Å². The van der Waals surface area contributed by atoms with E-state index in [0.717, 1.165) is 11.1 Å². The highest BCUT2D eigenvalue weighted by atomic mass is 16.5. The van der Waals surface area contributed by atoms with Gasteiger partial charge in [-0.1, -0.05) is 30.3 Å². The summed E-state index contributed by atoms with van der Waals surface area (Å²) in [6, 6.07) is 11.8. The summed E-state index contributed by atoms with van der Waals surface area (Å²) in [7, 11) is 1.54. The molecule has 4 rings (SSSR count). The van der Waals surface area contributed by atoms with Gasteiger partial charge in [0.15, 0.2) is 5.54 Å². The lowest BCUT2D eigenvalue weighted by atomic mass is 9.88. The number of urea groups is 1. The smallest absolute Gasteiger partial charge is 0.322 e. The van der Waals surface area contributed by atoms with E-state index in [9.17, 15) is 14.4 Å². The second kappa shape index (κ2) is 8.42. The summed E-state index contributed by atoms with van der Waals surface area (Å²) in [6.45, 7) is 3.86. The molecule has 0 spiro atoms. The average molecular weight is 447 g/mol. The van der Waals surface area contributed by atoms with E-state index in [0.29, 0.717) is 34.8 Å². The van der Waals surface area contributed by atoms with Gasteiger partial charge in [-0.25, -0.2) is 4.79 Å². The fraction of sp³-hybridized carbons (Fsp3) is 0.250. The summed E-state index contributed by atoms with van der Waals surface area (Å²) in [5, 5.41) is 5.05. The molecule has 9 nitrogen and oxygen atoms in total. The van der Waals surface area contributed by atoms with Crippen LogP contribution in [0.4, 0.5) is 4.79 Å². The van der Waals surface area contributed by atoms with Crippen molar-refractivity contribution in [3.05, 3.63) is 70.4 Å². The van der Waals surface area contributed by atoms with Crippen LogP contribution in [0.25, 0.3) is 5.70 Å². The summed E-state index contributed by atoms with van der Waals surface area (Å²) in [4.78, 5) is 44.1.